The van der Waals surface area contributed by atoms with E-state index in [1.807, 2.05) is 38.1 Å². The number of oxime groups is 1. The van der Waals surface area contributed by atoms with E-state index >= 15 is 0 Å². The highest BCUT2D eigenvalue weighted by atomic mass is 16.7. The van der Waals surface area contributed by atoms with Crippen LogP contribution in [0.1, 0.15) is 26.7 Å². The largest absolute Gasteiger partial charge is 0.483 e. The number of nitrogens with zero attached hydrogens (tertiary/aromatic N) is 2. The second-order valence-corrected chi connectivity index (χ2v) is 5.13. The van der Waals surface area contributed by atoms with Crippen molar-refractivity contribution in [3.8, 4) is 5.75 Å². The van der Waals surface area contributed by atoms with Crippen molar-refractivity contribution in [2.24, 2.45) is 16.8 Å². The summed E-state index contributed by atoms with van der Waals surface area (Å²) in [4.78, 5) is 20.9. The van der Waals surface area contributed by atoms with Crippen molar-refractivity contribution >= 4 is 22.7 Å². The highest BCUT2D eigenvalue weighted by molar-refractivity contribution is 5.86. The first-order chi connectivity index (χ1) is 11.2. The molecule has 0 saturated heterocycles. The average molecular weight is 315 g/mol. The van der Waals surface area contributed by atoms with E-state index in [-0.39, 0.29) is 24.3 Å². The van der Waals surface area contributed by atoms with Crippen LogP contribution in [-0.4, -0.2) is 23.4 Å². The van der Waals surface area contributed by atoms with Crippen molar-refractivity contribution in [3.05, 3.63) is 36.5 Å². The van der Waals surface area contributed by atoms with E-state index in [4.69, 9.17) is 15.3 Å². The number of aromatic nitrogens is 1. The Morgan fingerprint density at radius 3 is 2.74 bits per heavy atom. The number of fused-ring (bicyclic) bond motifs is 1. The summed E-state index contributed by atoms with van der Waals surface area (Å²) in [5.74, 6) is 0.171. The number of rotatable bonds is 7. The fraction of sp³-hybridized carbons (Fsp3) is 0.353. The predicted octanol–water partition coefficient (Wildman–Crippen LogP) is 2.87. The van der Waals surface area contributed by atoms with Gasteiger partial charge in [0.15, 0.2) is 5.84 Å². The summed E-state index contributed by atoms with van der Waals surface area (Å²) >= 11 is 0. The van der Waals surface area contributed by atoms with Crippen LogP contribution < -0.4 is 10.5 Å². The quantitative estimate of drug-likeness (QED) is 0.367. The lowest BCUT2D eigenvalue weighted by molar-refractivity contribution is -0.148. The summed E-state index contributed by atoms with van der Waals surface area (Å²) in [7, 11) is 0. The zero-order chi connectivity index (χ0) is 16.7. The van der Waals surface area contributed by atoms with Gasteiger partial charge in [-0.3, -0.25) is 4.98 Å². The molecule has 2 rings (SSSR count). The fourth-order valence-corrected chi connectivity index (χ4v) is 2.17. The van der Waals surface area contributed by atoms with Crippen molar-refractivity contribution in [1.29, 1.82) is 0 Å². The molecule has 0 unspecified atom stereocenters. The molecule has 2 N–H and O–H groups in total. The van der Waals surface area contributed by atoms with Crippen molar-refractivity contribution in [3.63, 3.8) is 0 Å². The molecule has 6 nitrogen and oxygen atoms in total. The Morgan fingerprint density at radius 2 is 2.00 bits per heavy atom. The number of ether oxygens (including phenoxy) is 1. The van der Waals surface area contributed by atoms with Gasteiger partial charge in [-0.05, 0) is 25.0 Å². The van der Waals surface area contributed by atoms with Gasteiger partial charge in [0.05, 0.1) is 5.92 Å². The van der Waals surface area contributed by atoms with Crippen LogP contribution in [-0.2, 0) is 9.63 Å². The van der Waals surface area contributed by atoms with E-state index in [0.717, 1.165) is 10.9 Å². The van der Waals surface area contributed by atoms with Crippen LogP contribution in [0.2, 0.25) is 0 Å². The van der Waals surface area contributed by atoms with Crippen LogP contribution in [0.5, 0.6) is 5.75 Å². The van der Waals surface area contributed by atoms with E-state index < -0.39 is 0 Å². The average Bonchev–Trinajstić information content (AvgIpc) is 2.59. The number of para-hydroxylation sites is 1. The Balaban J connectivity index is 1.97. The summed E-state index contributed by atoms with van der Waals surface area (Å²) in [6.45, 7) is 3.88. The standard InChI is InChI=1S/C17H21N3O3/c1-3-12(4-2)17(21)23-20-15(18)11-22-14-9-5-7-13-8-6-10-19-16(13)14/h5-10,12H,3-4,11H2,1-2H3,(H2,18,20). The number of nitrogens with two attached hydrogens (primary N) is 1. The highest BCUT2D eigenvalue weighted by Gasteiger charge is 2.16. The maximum Gasteiger partial charge on any atom is 0.338 e. The molecule has 0 aliphatic rings. The minimum atomic E-state index is -0.371. The number of carbonyl (C=O) groups excluding carboxylic acids is 1. The van der Waals surface area contributed by atoms with Gasteiger partial charge in [-0.2, -0.15) is 0 Å². The minimum absolute atomic E-state index is 0.0197. The second kappa shape index (κ2) is 8.12. The van der Waals surface area contributed by atoms with Crippen LogP contribution in [0.3, 0.4) is 0 Å². The van der Waals surface area contributed by atoms with E-state index in [2.05, 4.69) is 10.1 Å². The SMILES string of the molecule is CCC(CC)C(=O)O/N=C(\N)COc1cccc2cccnc12. The molecular formula is C17H21N3O3. The van der Waals surface area contributed by atoms with Gasteiger partial charge in [0.2, 0.25) is 0 Å². The number of benzene rings is 1. The van der Waals surface area contributed by atoms with Crippen LogP contribution >= 0.6 is 0 Å². The molecule has 1 aromatic carbocycles. The van der Waals surface area contributed by atoms with Gasteiger partial charge in [-0.1, -0.05) is 37.2 Å². The van der Waals surface area contributed by atoms with Gasteiger partial charge in [-0.25, -0.2) is 4.79 Å². The number of carbonyl (C=O) groups is 1. The Labute approximate surface area is 135 Å². The summed E-state index contributed by atoms with van der Waals surface area (Å²) in [6.07, 6.45) is 3.12. The van der Waals surface area contributed by atoms with E-state index in [9.17, 15) is 4.79 Å². The molecule has 6 heteroatoms. The maximum atomic E-state index is 11.7. The first kappa shape index (κ1) is 16.7. The monoisotopic (exact) mass is 315 g/mol. The smallest absolute Gasteiger partial charge is 0.338 e. The molecule has 0 bridgehead atoms. The van der Waals surface area contributed by atoms with Gasteiger partial charge >= 0.3 is 5.97 Å². The van der Waals surface area contributed by atoms with Gasteiger partial charge in [0.25, 0.3) is 0 Å². The number of amidine groups is 1. The molecule has 1 aromatic heterocycles. The van der Waals surface area contributed by atoms with Gasteiger partial charge < -0.3 is 15.3 Å². The number of hydrogen-bond acceptors (Lipinski definition) is 5. The molecule has 0 fully saturated rings. The number of hydrogen-bond donors (Lipinski definition) is 1. The van der Waals surface area contributed by atoms with E-state index in [1.54, 1.807) is 12.3 Å². The lowest BCUT2D eigenvalue weighted by Crippen LogP contribution is -2.23. The van der Waals surface area contributed by atoms with E-state index in [1.165, 1.54) is 0 Å². The first-order valence-corrected chi connectivity index (χ1v) is 7.65. The predicted molar refractivity (Wildman–Crippen MR) is 89.0 cm³/mol. The Morgan fingerprint density at radius 1 is 1.26 bits per heavy atom. The molecule has 2 aromatic rings. The minimum Gasteiger partial charge on any atom is -0.483 e. The van der Waals surface area contributed by atoms with Crippen molar-refractivity contribution in [2.45, 2.75) is 26.7 Å². The normalized spacial score (nSPS) is 11.7. The van der Waals surface area contributed by atoms with Gasteiger partial charge in [0.1, 0.15) is 17.9 Å². The summed E-state index contributed by atoms with van der Waals surface area (Å²) < 4.78 is 5.62. The third-order valence-corrected chi connectivity index (χ3v) is 3.54. The molecule has 23 heavy (non-hydrogen) atoms. The Kier molecular flexibility index (Phi) is 5.91. The third kappa shape index (κ3) is 4.42. The molecule has 0 radical (unpaired) electrons. The molecule has 0 atom stereocenters. The van der Waals surface area contributed by atoms with Crippen LogP contribution in [0.15, 0.2) is 41.7 Å². The lowest BCUT2D eigenvalue weighted by atomic mass is 10.0. The van der Waals surface area contributed by atoms with Gasteiger partial charge in [0, 0.05) is 11.6 Å². The maximum absolute atomic E-state index is 11.7. The van der Waals surface area contributed by atoms with Crippen LogP contribution in [0.25, 0.3) is 10.9 Å². The zero-order valence-electron chi connectivity index (χ0n) is 13.4. The second-order valence-electron chi connectivity index (χ2n) is 5.13. The van der Waals surface area contributed by atoms with Crippen molar-refractivity contribution < 1.29 is 14.4 Å². The molecule has 0 amide bonds. The molecule has 0 aliphatic heterocycles. The third-order valence-electron chi connectivity index (χ3n) is 3.54. The fourth-order valence-electron chi connectivity index (χ4n) is 2.17. The van der Waals surface area contributed by atoms with Crippen LogP contribution in [0.4, 0.5) is 0 Å². The number of pyridine rings is 1. The van der Waals surface area contributed by atoms with Crippen molar-refractivity contribution in [2.75, 3.05) is 6.61 Å². The Hall–Kier alpha value is -2.63. The molecule has 0 aliphatic carbocycles. The topological polar surface area (TPSA) is 86.8 Å². The zero-order valence-corrected chi connectivity index (χ0v) is 13.4. The van der Waals surface area contributed by atoms with E-state index in [0.29, 0.717) is 18.6 Å². The first-order valence-electron chi connectivity index (χ1n) is 7.65. The summed E-state index contributed by atoms with van der Waals surface area (Å²) in [5, 5.41) is 4.61. The van der Waals surface area contributed by atoms with Crippen molar-refractivity contribution in [1.82, 2.24) is 4.98 Å². The Bertz CT molecular complexity index is 691. The van der Waals surface area contributed by atoms with Gasteiger partial charge in [-0.15, -0.1) is 0 Å². The highest BCUT2D eigenvalue weighted by Crippen LogP contribution is 2.22. The molecule has 0 spiro atoms. The molecule has 1 heterocycles. The summed E-state index contributed by atoms with van der Waals surface area (Å²) in [6, 6.07) is 9.44. The molecule has 0 saturated carbocycles. The molecular weight excluding hydrogens is 294 g/mol. The summed E-state index contributed by atoms with van der Waals surface area (Å²) in [5.41, 5.74) is 6.47. The van der Waals surface area contributed by atoms with Crippen LogP contribution in [0, 0.1) is 5.92 Å². The lowest BCUT2D eigenvalue weighted by Gasteiger charge is -2.09. The molecule has 122 valence electrons.